The number of anilines is 2. The van der Waals surface area contributed by atoms with Crippen LogP contribution in [-0.2, 0) is 0 Å². The van der Waals surface area contributed by atoms with Gasteiger partial charge >= 0.3 is 0 Å². The zero-order valence-corrected chi connectivity index (χ0v) is 13.7. The van der Waals surface area contributed by atoms with Crippen molar-refractivity contribution >= 4 is 33.2 Å². The van der Waals surface area contributed by atoms with Gasteiger partial charge in [-0.25, -0.2) is 0 Å². The second-order valence-electron chi connectivity index (χ2n) is 4.83. The quantitative estimate of drug-likeness (QED) is 0.826. The lowest BCUT2D eigenvalue weighted by molar-refractivity contribution is 0.102. The van der Waals surface area contributed by atoms with Crippen molar-refractivity contribution in [2.75, 3.05) is 18.2 Å². The summed E-state index contributed by atoms with van der Waals surface area (Å²) in [6.07, 6.45) is 0. The van der Waals surface area contributed by atoms with Crippen molar-refractivity contribution in [1.82, 2.24) is 0 Å². The number of carbonyl (C=O) groups is 1. The van der Waals surface area contributed by atoms with Gasteiger partial charge in [-0.2, -0.15) is 0 Å². The molecule has 0 unspecified atom stereocenters. The lowest BCUT2D eigenvalue weighted by Gasteiger charge is -2.13. The number of hydrogen-bond acceptors (Lipinski definition) is 3. The lowest BCUT2D eigenvalue weighted by atomic mass is 10.1. The standard InChI is InChI=1S/C16H17BrN2O2/c1-9-4-5-14(15(6-9)21-3)19-16(20)12-7-11(17)8-13(18)10(12)2/h4-8H,18H2,1-3H3,(H,19,20). The van der Waals surface area contributed by atoms with Crippen LogP contribution in [0.3, 0.4) is 0 Å². The first-order valence-electron chi connectivity index (χ1n) is 6.44. The Morgan fingerprint density at radius 2 is 1.95 bits per heavy atom. The molecule has 0 atom stereocenters. The number of benzene rings is 2. The van der Waals surface area contributed by atoms with Crippen molar-refractivity contribution in [2.45, 2.75) is 13.8 Å². The van der Waals surface area contributed by atoms with Crippen molar-refractivity contribution in [3.63, 3.8) is 0 Å². The summed E-state index contributed by atoms with van der Waals surface area (Å²) in [7, 11) is 1.58. The topological polar surface area (TPSA) is 64.3 Å². The van der Waals surface area contributed by atoms with Gasteiger partial charge in [0.25, 0.3) is 5.91 Å². The highest BCUT2D eigenvalue weighted by atomic mass is 79.9. The predicted octanol–water partition coefficient (Wildman–Crippen LogP) is 3.91. The molecular formula is C16H17BrN2O2. The molecule has 4 nitrogen and oxygen atoms in total. The molecule has 110 valence electrons. The fraction of sp³-hybridized carbons (Fsp3) is 0.188. The van der Waals surface area contributed by atoms with Crippen LogP contribution in [0.25, 0.3) is 0 Å². The van der Waals surface area contributed by atoms with E-state index in [0.717, 1.165) is 15.6 Å². The van der Waals surface area contributed by atoms with Crippen LogP contribution >= 0.6 is 15.9 Å². The molecule has 0 saturated carbocycles. The number of aryl methyl sites for hydroxylation is 1. The summed E-state index contributed by atoms with van der Waals surface area (Å²) >= 11 is 3.35. The van der Waals surface area contributed by atoms with Gasteiger partial charge in [-0.05, 0) is 49.2 Å². The van der Waals surface area contributed by atoms with E-state index in [1.54, 1.807) is 19.2 Å². The van der Waals surface area contributed by atoms with E-state index in [4.69, 9.17) is 10.5 Å². The predicted molar refractivity (Wildman–Crippen MR) is 89.0 cm³/mol. The maximum absolute atomic E-state index is 12.4. The monoisotopic (exact) mass is 348 g/mol. The van der Waals surface area contributed by atoms with Gasteiger partial charge in [0.05, 0.1) is 12.8 Å². The Kier molecular flexibility index (Phi) is 4.53. The molecule has 0 aliphatic heterocycles. The molecule has 0 spiro atoms. The number of rotatable bonds is 3. The first kappa shape index (κ1) is 15.4. The van der Waals surface area contributed by atoms with E-state index in [2.05, 4.69) is 21.2 Å². The Morgan fingerprint density at radius 1 is 1.24 bits per heavy atom. The summed E-state index contributed by atoms with van der Waals surface area (Å²) < 4.78 is 6.06. The second kappa shape index (κ2) is 6.18. The fourth-order valence-electron chi connectivity index (χ4n) is 2.03. The summed E-state index contributed by atoms with van der Waals surface area (Å²) in [6.45, 7) is 3.79. The van der Waals surface area contributed by atoms with E-state index in [1.807, 2.05) is 32.0 Å². The van der Waals surface area contributed by atoms with E-state index < -0.39 is 0 Å². The fourth-order valence-corrected chi connectivity index (χ4v) is 2.50. The van der Waals surface area contributed by atoms with Gasteiger partial charge in [-0.15, -0.1) is 0 Å². The summed E-state index contributed by atoms with van der Waals surface area (Å²) in [6, 6.07) is 9.14. The number of nitrogens with two attached hydrogens (primary N) is 1. The minimum Gasteiger partial charge on any atom is -0.495 e. The third kappa shape index (κ3) is 3.36. The second-order valence-corrected chi connectivity index (χ2v) is 5.74. The van der Waals surface area contributed by atoms with E-state index in [0.29, 0.717) is 22.7 Å². The molecular weight excluding hydrogens is 332 g/mol. The van der Waals surface area contributed by atoms with Crippen molar-refractivity contribution in [1.29, 1.82) is 0 Å². The minimum atomic E-state index is -0.220. The molecule has 21 heavy (non-hydrogen) atoms. The van der Waals surface area contributed by atoms with Gasteiger partial charge in [-0.1, -0.05) is 22.0 Å². The Balaban J connectivity index is 2.35. The number of nitrogen functional groups attached to an aromatic ring is 1. The van der Waals surface area contributed by atoms with Crippen LogP contribution in [0, 0.1) is 13.8 Å². The van der Waals surface area contributed by atoms with Crippen LogP contribution < -0.4 is 15.8 Å². The van der Waals surface area contributed by atoms with Crippen LogP contribution in [0.4, 0.5) is 11.4 Å². The van der Waals surface area contributed by atoms with Crippen LogP contribution in [0.5, 0.6) is 5.75 Å². The van der Waals surface area contributed by atoms with Crippen LogP contribution in [0.15, 0.2) is 34.8 Å². The van der Waals surface area contributed by atoms with Crippen LogP contribution in [-0.4, -0.2) is 13.0 Å². The molecule has 0 aliphatic carbocycles. The third-order valence-corrected chi connectivity index (χ3v) is 3.72. The van der Waals surface area contributed by atoms with E-state index >= 15 is 0 Å². The normalized spacial score (nSPS) is 10.3. The number of nitrogens with one attached hydrogen (secondary N) is 1. The number of carbonyl (C=O) groups excluding carboxylic acids is 1. The van der Waals surface area contributed by atoms with Gasteiger partial charge in [0, 0.05) is 15.7 Å². The summed E-state index contributed by atoms with van der Waals surface area (Å²) in [4.78, 5) is 12.4. The Labute approximate surface area is 132 Å². The van der Waals surface area contributed by atoms with Gasteiger partial charge in [0.1, 0.15) is 5.75 Å². The van der Waals surface area contributed by atoms with Crippen molar-refractivity contribution in [2.24, 2.45) is 0 Å². The highest BCUT2D eigenvalue weighted by molar-refractivity contribution is 9.10. The number of methoxy groups -OCH3 is 1. The van der Waals surface area contributed by atoms with Crippen molar-refractivity contribution in [3.05, 3.63) is 51.5 Å². The minimum absolute atomic E-state index is 0.220. The van der Waals surface area contributed by atoms with E-state index in [-0.39, 0.29) is 5.91 Å². The highest BCUT2D eigenvalue weighted by Crippen LogP contribution is 2.28. The Bertz CT molecular complexity index is 699. The third-order valence-electron chi connectivity index (χ3n) is 3.26. The maximum atomic E-state index is 12.4. The van der Waals surface area contributed by atoms with Crippen LogP contribution in [0.2, 0.25) is 0 Å². The highest BCUT2D eigenvalue weighted by Gasteiger charge is 2.14. The van der Waals surface area contributed by atoms with Gasteiger partial charge in [-0.3, -0.25) is 4.79 Å². The molecule has 0 saturated heterocycles. The largest absolute Gasteiger partial charge is 0.495 e. The molecule has 1 amide bonds. The van der Waals surface area contributed by atoms with Crippen molar-refractivity contribution in [3.8, 4) is 5.75 Å². The first-order chi connectivity index (χ1) is 9.92. The van der Waals surface area contributed by atoms with Gasteiger partial charge in [0.15, 0.2) is 0 Å². The average molecular weight is 349 g/mol. The number of hydrogen-bond donors (Lipinski definition) is 2. The summed E-state index contributed by atoms with van der Waals surface area (Å²) in [5.41, 5.74) is 9.45. The molecule has 2 rings (SSSR count). The van der Waals surface area contributed by atoms with Gasteiger partial charge < -0.3 is 15.8 Å². The lowest BCUT2D eigenvalue weighted by Crippen LogP contribution is -2.15. The molecule has 5 heteroatoms. The summed E-state index contributed by atoms with van der Waals surface area (Å²) in [5.74, 6) is 0.409. The molecule has 0 fully saturated rings. The Morgan fingerprint density at radius 3 is 2.62 bits per heavy atom. The number of halogens is 1. The molecule has 2 aromatic carbocycles. The smallest absolute Gasteiger partial charge is 0.256 e. The zero-order valence-electron chi connectivity index (χ0n) is 12.2. The number of ether oxygens (including phenoxy) is 1. The molecule has 2 aromatic rings. The Hall–Kier alpha value is -2.01. The molecule has 0 bridgehead atoms. The number of amides is 1. The SMILES string of the molecule is COc1cc(C)ccc1NC(=O)c1cc(Br)cc(N)c1C. The van der Waals surface area contributed by atoms with Gasteiger partial charge in [0.2, 0.25) is 0 Å². The van der Waals surface area contributed by atoms with E-state index in [1.165, 1.54) is 0 Å². The average Bonchev–Trinajstić information content (AvgIpc) is 2.44. The van der Waals surface area contributed by atoms with Crippen molar-refractivity contribution < 1.29 is 9.53 Å². The molecule has 0 heterocycles. The summed E-state index contributed by atoms with van der Waals surface area (Å²) in [5, 5.41) is 2.86. The zero-order chi connectivity index (χ0) is 15.6. The molecule has 3 N–H and O–H groups in total. The van der Waals surface area contributed by atoms with E-state index in [9.17, 15) is 4.79 Å². The molecule has 0 aromatic heterocycles. The maximum Gasteiger partial charge on any atom is 0.256 e. The first-order valence-corrected chi connectivity index (χ1v) is 7.23. The van der Waals surface area contributed by atoms with Crippen LogP contribution in [0.1, 0.15) is 21.5 Å². The molecule has 0 aliphatic rings. The molecule has 0 radical (unpaired) electrons.